The van der Waals surface area contributed by atoms with Gasteiger partial charge < -0.3 is 10.5 Å². The third-order valence-corrected chi connectivity index (χ3v) is 1.76. The minimum Gasteiger partial charge on any atom is -0.497 e. The van der Waals surface area contributed by atoms with E-state index in [-0.39, 0.29) is 0 Å². The highest BCUT2D eigenvalue weighted by molar-refractivity contribution is 5.78. The molecule has 1 aromatic rings. The van der Waals surface area contributed by atoms with Crippen molar-refractivity contribution in [3.63, 3.8) is 0 Å². The quantitative estimate of drug-likeness (QED) is 0.567. The SMILES string of the molecule is C=Cc1cc(OC)cc(N)c1N=C. The van der Waals surface area contributed by atoms with Crippen LogP contribution < -0.4 is 10.5 Å². The maximum Gasteiger partial charge on any atom is 0.121 e. The average Bonchev–Trinajstić information content (AvgIpc) is 2.16. The molecule has 0 fully saturated rings. The van der Waals surface area contributed by atoms with Gasteiger partial charge in [0.15, 0.2) is 0 Å². The van der Waals surface area contributed by atoms with Crippen LogP contribution in [0.5, 0.6) is 5.75 Å². The molecule has 0 spiro atoms. The van der Waals surface area contributed by atoms with Gasteiger partial charge in [-0.05, 0) is 12.8 Å². The molecule has 1 rings (SSSR count). The molecule has 0 aromatic heterocycles. The molecule has 0 aliphatic heterocycles. The van der Waals surface area contributed by atoms with Gasteiger partial charge >= 0.3 is 0 Å². The maximum absolute atomic E-state index is 5.72. The number of benzene rings is 1. The summed E-state index contributed by atoms with van der Waals surface area (Å²) >= 11 is 0. The Kier molecular flexibility index (Phi) is 2.69. The van der Waals surface area contributed by atoms with E-state index in [4.69, 9.17) is 10.5 Å². The molecule has 0 atom stereocenters. The summed E-state index contributed by atoms with van der Waals surface area (Å²) in [6.07, 6.45) is 1.67. The fourth-order valence-electron chi connectivity index (χ4n) is 1.11. The Bertz CT molecular complexity index is 345. The predicted molar refractivity (Wildman–Crippen MR) is 56.7 cm³/mol. The number of nitrogen functional groups attached to an aromatic ring is 1. The lowest BCUT2D eigenvalue weighted by atomic mass is 10.1. The van der Waals surface area contributed by atoms with Crippen molar-refractivity contribution in [1.82, 2.24) is 0 Å². The molecule has 0 saturated carbocycles. The van der Waals surface area contributed by atoms with Gasteiger partial charge in [0, 0.05) is 11.6 Å². The molecule has 0 aliphatic carbocycles. The Balaban J connectivity index is 3.36. The van der Waals surface area contributed by atoms with Crippen LogP contribution in [0.25, 0.3) is 6.08 Å². The molecule has 0 saturated heterocycles. The monoisotopic (exact) mass is 176 g/mol. The summed E-state index contributed by atoms with van der Waals surface area (Å²) in [5.41, 5.74) is 7.74. The lowest BCUT2D eigenvalue weighted by molar-refractivity contribution is 0.415. The highest BCUT2D eigenvalue weighted by Gasteiger charge is 2.04. The Morgan fingerprint density at radius 1 is 1.54 bits per heavy atom. The minimum absolute atomic E-state index is 0.546. The van der Waals surface area contributed by atoms with Crippen LogP contribution in [0.1, 0.15) is 5.56 Å². The van der Waals surface area contributed by atoms with Crippen LogP contribution in [0.4, 0.5) is 11.4 Å². The summed E-state index contributed by atoms with van der Waals surface area (Å²) in [6.45, 7) is 7.09. The maximum atomic E-state index is 5.72. The van der Waals surface area contributed by atoms with E-state index in [9.17, 15) is 0 Å². The molecule has 0 aliphatic rings. The van der Waals surface area contributed by atoms with Crippen LogP contribution in [-0.4, -0.2) is 13.8 Å². The summed E-state index contributed by atoms with van der Waals surface area (Å²) < 4.78 is 5.05. The molecule has 0 bridgehead atoms. The smallest absolute Gasteiger partial charge is 0.121 e. The fraction of sp³-hybridized carbons (Fsp3) is 0.100. The minimum atomic E-state index is 0.546. The van der Waals surface area contributed by atoms with Gasteiger partial charge in [-0.15, -0.1) is 0 Å². The van der Waals surface area contributed by atoms with Gasteiger partial charge in [-0.2, -0.15) is 0 Å². The van der Waals surface area contributed by atoms with Gasteiger partial charge in [0.25, 0.3) is 0 Å². The third-order valence-electron chi connectivity index (χ3n) is 1.76. The molecular formula is C10H12N2O. The van der Waals surface area contributed by atoms with E-state index in [2.05, 4.69) is 18.3 Å². The van der Waals surface area contributed by atoms with Crippen LogP contribution >= 0.6 is 0 Å². The van der Waals surface area contributed by atoms with Crippen molar-refractivity contribution in [3.05, 3.63) is 24.3 Å². The number of hydrogen-bond acceptors (Lipinski definition) is 3. The van der Waals surface area contributed by atoms with E-state index >= 15 is 0 Å². The van der Waals surface area contributed by atoms with E-state index in [1.807, 2.05) is 6.07 Å². The van der Waals surface area contributed by atoms with Gasteiger partial charge in [-0.3, -0.25) is 4.99 Å². The second-order valence-corrected chi connectivity index (χ2v) is 2.52. The highest BCUT2D eigenvalue weighted by Crippen LogP contribution is 2.31. The van der Waals surface area contributed by atoms with Gasteiger partial charge in [-0.25, -0.2) is 0 Å². The van der Waals surface area contributed by atoms with E-state index in [1.54, 1.807) is 19.3 Å². The van der Waals surface area contributed by atoms with Crippen LogP contribution in [0.15, 0.2) is 23.7 Å². The molecule has 3 heteroatoms. The van der Waals surface area contributed by atoms with Crippen LogP contribution in [0.3, 0.4) is 0 Å². The highest BCUT2D eigenvalue weighted by atomic mass is 16.5. The Hall–Kier alpha value is -1.77. The van der Waals surface area contributed by atoms with E-state index in [0.29, 0.717) is 17.1 Å². The van der Waals surface area contributed by atoms with Crippen LogP contribution in [0, 0.1) is 0 Å². The molecule has 3 nitrogen and oxygen atoms in total. The number of ether oxygens (including phenoxy) is 1. The first-order valence-corrected chi connectivity index (χ1v) is 3.79. The number of nitrogens with zero attached hydrogens (tertiary/aromatic N) is 1. The fourth-order valence-corrected chi connectivity index (χ4v) is 1.11. The van der Waals surface area contributed by atoms with Gasteiger partial charge in [0.1, 0.15) is 5.75 Å². The van der Waals surface area contributed by atoms with Gasteiger partial charge in [0.05, 0.1) is 18.5 Å². The molecule has 68 valence electrons. The number of methoxy groups -OCH3 is 1. The largest absolute Gasteiger partial charge is 0.497 e. The summed E-state index contributed by atoms with van der Waals surface area (Å²) in [7, 11) is 1.59. The normalized spacial score (nSPS) is 9.31. The summed E-state index contributed by atoms with van der Waals surface area (Å²) in [5, 5.41) is 0. The van der Waals surface area contributed by atoms with Crippen molar-refractivity contribution in [1.29, 1.82) is 0 Å². The second-order valence-electron chi connectivity index (χ2n) is 2.52. The van der Waals surface area contributed by atoms with Crippen LogP contribution in [0.2, 0.25) is 0 Å². The number of aliphatic imine (C=N–C) groups is 1. The molecule has 13 heavy (non-hydrogen) atoms. The number of nitrogens with two attached hydrogens (primary N) is 1. The van der Waals surface area contributed by atoms with Crippen molar-refractivity contribution < 1.29 is 4.74 Å². The molecule has 2 N–H and O–H groups in total. The first kappa shape index (κ1) is 9.32. The Morgan fingerprint density at radius 3 is 2.69 bits per heavy atom. The van der Waals surface area contributed by atoms with Crippen molar-refractivity contribution >= 4 is 24.2 Å². The average molecular weight is 176 g/mol. The van der Waals surface area contributed by atoms with Gasteiger partial charge in [0.2, 0.25) is 0 Å². The zero-order valence-electron chi connectivity index (χ0n) is 7.58. The number of hydrogen-bond donors (Lipinski definition) is 1. The van der Waals surface area contributed by atoms with Crippen molar-refractivity contribution in [2.24, 2.45) is 4.99 Å². The van der Waals surface area contributed by atoms with E-state index in [0.717, 1.165) is 5.56 Å². The van der Waals surface area contributed by atoms with Crippen molar-refractivity contribution in [2.75, 3.05) is 12.8 Å². The van der Waals surface area contributed by atoms with Gasteiger partial charge in [-0.1, -0.05) is 12.7 Å². The molecule has 0 radical (unpaired) electrons. The number of rotatable bonds is 3. The standard InChI is InChI=1S/C10H12N2O/c1-4-7-5-8(13-3)6-9(11)10(7)12-2/h4-6H,1-2,11H2,3H3. The Morgan fingerprint density at radius 2 is 2.23 bits per heavy atom. The number of anilines is 1. The molecular weight excluding hydrogens is 164 g/mol. The lowest BCUT2D eigenvalue weighted by Crippen LogP contribution is -1.91. The first-order chi connectivity index (χ1) is 6.22. The van der Waals surface area contributed by atoms with E-state index in [1.165, 1.54) is 0 Å². The predicted octanol–water partition coefficient (Wildman–Crippen LogP) is 2.25. The van der Waals surface area contributed by atoms with Crippen molar-refractivity contribution in [2.45, 2.75) is 0 Å². The zero-order chi connectivity index (χ0) is 9.84. The molecule has 0 unspecified atom stereocenters. The lowest BCUT2D eigenvalue weighted by Gasteiger charge is -2.07. The van der Waals surface area contributed by atoms with E-state index < -0.39 is 0 Å². The molecule has 1 aromatic carbocycles. The summed E-state index contributed by atoms with van der Waals surface area (Å²) in [6, 6.07) is 3.52. The second kappa shape index (κ2) is 3.76. The Labute approximate surface area is 77.6 Å². The topological polar surface area (TPSA) is 47.6 Å². The molecule has 0 amide bonds. The molecule has 0 heterocycles. The van der Waals surface area contributed by atoms with Crippen molar-refractivity contribution in [3.8, 4) is 5.75 Å². The van der Waals surface area contributed by atoms with Crippen LogP contribution in [-0.2, 0) is 0 Å². The first-order valence-electron chi connectivity index (χ1n) is 3.79. The summed E-state index contributed by atoms with van der Waals surface area (Å²) in [5.74, 6) is 0.694. The third kappa shape index (κ3) is 1.69. The zero-order valence-corrected chi connectivity index (χ0v) is 7.58. The summed E-state index contributed by atoms with van der Waals surface area (Å²) in [4.78, 5) is 3.81.